The highest BCUT2D eigenvalue weighted by atomic mass is 16.2. The van der Waals surface area contributed by atoms with Crippen molar-refractivity contribution in [3.05, 3.63) is 0 Å². The molecule has 0 aliphatic heterocycles. The van der Waals surface area contributed by atoms with E-state index in [1.165, 1.54) is 12.8 Å². The summed E-state index contributed by atoms with van der Waals surface area (Å²) in [5.74, 6) is 1.20. The minimum Gasteiger partial charge on any atom is -0.356 e. The van der Waals surface area contributed by atoms with E-state index in [9.17, 15) is 9.59 Å². The zero-order valence-electron chi connectivity index (χ0n) is 16.1. The second kappa shape index (κ2) is 11.5. The van der Waals surface area contributed by atoms with Gasteiger partial charge in [-0.3, -0.25) is 9.59 Å². The highest BCUT2D eigenvalue weighted by Crippen LogP contribution is 2.29. The molecule has 3 atom stereocenters. The van der Waals surface area contributed by atoms with E-state index >= 15 is 0 Å². The number of nitrogens with one attached hydrogen (secondary N) is 3. The quantitative estimate of drug-likeness (QED) is 0.522. The molecule has 3 N–H and O–H groups in total. The Bertz CT molecular complexity index is 383. The molecule has 0 radical (unpaired) electrons. The second-order valence-electron chi connectivity index (χ2n) is 7.35. The molecular weight excluding hydrogens is 302 g/mol. The third-order valence-corrected chi connectivity index (χ3v) is 5.66. The fourth-order valence-electron chi connectivity index (χ4n) is 3.55. The van der Waals surface area contributed by atoms with Gasteiger partial charge in [0.1, 0.15) is 0 Å². The van der Waals surface area contributed by atoms with Crippen LogP contribution in [0.5, 0.6) is 0 Å². The van der Waals surface area contributed by atoms with Gasteiger partial charge in [-0.05, 0) is 32.1 Å². The van der Waals surface area contributed by atoms with E-state index in [0.717, 1.165) is 32.5 Å². The monoisotopic (exact) mass is 340 g/mol. The highest BCUT2D eigenvalue weighted by Gasteiger charge is 2.28. The minimum atomic E-state index is -0.00948. The lowest BCUT2D eigenvalue weighted by atomic mass is 9.78. The molecule has 0 bridgehead atoms. The van der Waals surface area contributed by atoms with Gasteiger partial charge in [-0.2, -0.15) is 0 Å². The highest BCUT2D eigenvalue weighted by molar-refractivity contribution is 5.83. The molecule has 0 spiro atoms. The van der Waals surface area contributed by atoms with Crippen LogP contribution >= 0.6 is 0 Å². The number of carbonyl (C=O) groups is 2. The Morgan fingerprint density at radius 3 is 2.38 bits per heavy atom. The van der Waals surface area contributed by atoms with Crippen LogP contribution in [0.15, 0.2) is 0 Å². The van der Waals surface area contributed by atoms with E-state index in [0.29, 0.717) is 31.2 Å². The van der Waals surface area contributed by atoms with Gasteiger partial charge < -0.3 is 15.5 Å². The average Bonchev–Trinajstić information content (AvgIpc) is 2.57. The van der Waals surface area contributed by atoms with E-state index in [4.69, 9.17) is 0 Å². The van der Waals surface area contributed by atoms with Gasteiger partial charge in [-0.15, -0.1) is 0 Å². The normalized spacial score (nSPS) is 24.0. The van der Waals surface area contributed by atoms with E-state index in [1.54, 1.807) is 4.90 Å². The maximum Gasteiger partial charge on any atom is 0.220 e. The van der Waals surface area contributed by atoms with Crippen molar-refractivity contribution in [2.24, 2.45) is 11.8 Å². The maximum atomic E-state index is 12.1. The second-order valence-corrected chi connectivity index (χ2v) is 7.35. The van der Waals surface area contributed by atoms with Gasteiger partial charge in [0.05, 0.1) is 19.6 Å². The van der Waals surface area contributed by atoms with Crippen molar-refractivity contribution in [3.63, 3.8) is 0 Å². The fraction of sp³-hybridized carbons (Fsp3) is 0.895. The number of rotatable bonds is 10. The van der Waals surface area contributed by atoms with Gasteiger partial charge in [0.25, 0.3) is 0 Å². The summed E-state index contributed by atoms with van der Waals surface area (Å²) < 4.78 is 0. The largest absolute Gasteiger partial charge is 0.356 e. The molecule has 0 heterocycles. The molecule has 0 aromatic carbocycles. The zero-order chi connectivity index (χ0) is 17.9. The Morgan fingerprint density at radius 1 is 1.04 bits per heavy atom. The third kappa shape index (κ3) is 7.65. The van der Waals surface area contributed by atoms with Crippen LogP contribution < -0.4 is 15.5 Å². The van der Waals surface area contributed by atoms with Crippen LogP contribution in [0.4, 0.5) is 0 Å². The topological polar surface area (TPSA) is 62.6 Å². The summed E-state index contributed by atoms with van der Waals surface area (Å²) in [7, 11) is 0. The first kappa shape index (κ1) is 20.9. The summed E-state index contributed by atoms with van der Waals surface area (Å²) in [6, 6.07) is 0.279. The lowest BCUT2D eigenvalue weighted by molar-refractivity contribution is -0.896. The molecule has 1 fully saturated rings. The molecule has 5 heteroatoms. The Balaban J connectivity index is 2.14. The van der Waals surface area contributed by atoms with Crippen molar-refractivity contribution in [2.45, 2.75) is 72.3 Å². The maximum absolute atomic E-state index is 12.1. The van der Waals surface area contributed by atoms with E-state index in [-0.39, 0.29) is 17.9 Å². The van der Waals surface area contributed by atoms with Gasteiger partial charge in [0, 0.05) is 31.8 Å². The molecule has 0 aromatic heterocycles. The Hall–Kier alpha value is -1.10. The summed E-state index contributed by atoms with van der Waals surface area (Å²) in [4.78, 5) is 25.5. The Kier molecular flexibility index (Phi) is 9.99. The molecule has 1 saturated carbocycles. The van der Waals surface area contributed by atoms with Gasteiger partial charge in [-0.1, -0.05) is 26.7 Å². The molecule has 24 heavy (non-hydrogen) atoms. The first-order valence-corrected chi connectivity index (χ1v) is 9.87. The lowest BCUT2D eigenvalue weighted by Crippen LogP contribution is -3.11. The van der Waals surface area contributed by atoms with E-state index < -0.39 is 0 Å². The summed E-state index contributed by atoms with van der Waals surface area (Å²) in [5.41, 5.74) is 0. The van der Waals surface area contributed by atoms with Crippen LogP contribution in [-0.2, 0) is 9.59 Å². The molecule has 1 aliphatic carbocycles. The summed E-state index contributed by atoms with van der Waals surface area (Å²) >= 11 is 0. The zero-order valence-corrected chi connectivity index (χ0v) is 16.1. The van der Waals surface area contributed by atoms with Crippen molar-refractivity contribution in [1.29, 1.82) is 0 Å². The summed E-state index contributed by atoms with van der Waals surface area (Å²) in [5, 5.41) is 6.06. The fourth-order valence-corrected chi connectivity index (χ4v) is 3.55. The van der Waals surface area contributed by atoms with Crippen LogP contribution in [0.1, 0.15) is 66.2 Å². The number of hydrogen-bond donors (Lipinski definition) is 3. The van der Waals surface area contributed by atoms with Gasteiger partial charge in [-0.25, -0.2) is 0 Å². The summed E-state index contributed by atoms with van der Waals surface area (Å²) in [6.07, 6.45) is 5.09. The molecule has 140 valence electrons. The van der Waals surface area contributed by atoms with Crippen molar-refractivity contribution < 1.29 is 14.5 Å². The van der Waals surface area contributed by atoms with E-state index in [1.807, 2.05) is 0 Å². The first-order chi connectivity index (χ1) is 11.5. The number of carbonyl (C=O) groups excluding carboxylic acids is 2. The standard InChI is InChI=1S/C19H37N3O2/c1-5-22(6-2)14-8-13-20-18(23)11-12-19(24)21-17-10-7-9-15(3)16(17)4/h15-17H,5-14H2,1-4H3,(H,20,23)(H,21,24)/p+1/t15-,16+,17-/m1/s1. The Morgan fingerprint density at radius 2 is 1.71 bits per heavy atom. The smallest absolute Gasteiger partial charge is 0.220 e. The number of quaternary nitrogens is 1. The number of hydrogen-bond acceptors (Lipinski definition) is 2. The van der Waals surface area contributed by atoms with Crippen molar-refractivity contribution in [1.82, 2.24) is 10.6 Å². The van der Waals surface area contributed by atoms with Crippen LogP contribution in [-0.4, -0.2) is 44.0 Å². The molecule has 0 unspecified atom stereocenters. The first-order valence-electron chi connectivity index (χ1n) is 9.87. The number of amides is 2. The van der Waals surface area contributed by atoms with Crippen molar-refractivity contribution in [3.8, 4) is 0 Å². The van der Waals surface area contributed by atoms with Gasteiger partial charge >= 0.3 is 0 Å². The molecule has 2 amide bonds. The predicted octanol–water partition coefficient (Wildman–Crippen LogP) is 1.14. The molecule has 0 aromatic rings. The van der Waals surface area contributed by atoms with Gasteiger partial charge in [0.15, 0.2) is 0 Å². The predicted molar refractivity (Wildman–Crippen MR) is 97.9 cm³/mol. The summed E-state index contributed by atoms with van der Waals surface area (Å²) in [6.45, 7) is 12.9. The lowest BCUT2D eigenvalue weighted by Gasteiger charge is -2.34. The third-order valence-electron chi connectivity index (χ3n) is 5.66. The minimum absolute atomic E-state index is 0.00948. The van der Waals surface area contributed by atoms with Crippen LogP contribution in [0.2, 0.25) is 0 Å². The van der Waals surface area contributed by atoms with Crippen molar-refractivity contribution in [2.75, 3.05) is 26.2 Å². The van der Waals surface area contributed by atoms with Crippen LogP contribution in [0.25, 0.3) is 0 Å². The molecule has 1 rings (SSSR count). The molecule has 1 aliphatic rings. The SMILES string of the molecule is CC[NH+](CC)CCCNC(=O)CCC(=O)N[C@@H]1CCC[C@@H](C)[C@@H]1C. The average molecular weight is 341 g/mol. The molecular formula is C19H38N3O2+. The van der Waals surface area contributed by atoms with Gasteiger partial charge in [0.2, 0.25) is 11.8 Å². The molecule has 0 saturated heterocycles. The Labute approximate surface area is 147 Å². The van der Waals surface area contributed by atoms with E-state index in [2.05, 4.69) is 38.3 Å². The van der Waals surface area contributed by atoms with Crippen LogP contribution in [0.3, 0.4) is 0 Å². The van der Waals surface area contributed by atoms with Crippen molar-refractivity contribution >= 4 is 11.8 Å². The molecule has 5 nitrogen and oxygen atoms in total. The van der Waals surface area contributed by atoms with Crippen LogP contribution in [0, 0.1) is 11.8 Å².